The number of benzene rings is 4. The second-order valence-electron chi connectivity index (χ2n) is 14.7. The van der Waals surface area contributed by atoms with E-state index in [0.29, 0.717) is 48.4 Å². The molecule has 4 aromatic carbocycles. The highest BCUT2D eigenvalue weighted by atomic mass is 16.5. The van der Waals surface area contributed by atoms with Gasteiger partial charge in [-0.05, 0) is 46.5 Å². The predicted molar refractivity (Wildman–Crippen MR) is 224 cm³/mol. The molecule has 8 N–H and O–H groups in total. The first-order valence-electron chi connectivity index (χ1n) is 19.8. The molecule has 5 amide bonds. The van der Waals surface area contributed by atoms with Gasteiger partial charge in [-0.15, -0.1) is 0 Å². The molecular weight excluding hydrogens is 751 g/mol. The number of carbonyl (C=O) groups is 5. The molecule has 6 bridgehead atoms. The molecule has 4 aromatic rings. The number of carbonyl (C=O) groups excluding carboxylic acids is 5. The summed E-state index contributed by atoms with van der Waals surface area (Å²) in [6.45, 7) is 4.59. The van der Waals surface area contributed by atoms with Gasteiger partial charge in [0.1, 0.15) is 24.5 Å². The van der Waals surface area contributed by atoms with Crippen LogP contribution >= 0.6 is 0 Å². The highest BCUT2D eigenvalue weighted by molar-refractivity contribution is 5.95. The van der Waals surface area contributed by atoms with Crippen LogP contribution in [0.5, 0.6) is 0 Å². The number of nitrogens with one attached hydrogen (secondary N) is 6. The molecule has 308 valence electrons. The molecule has 15 heteroatoms. The number of nitrogen functional groups attached to an aromatic ring is 1. The Hall–Kier alpha value is -6.58. The van der Waals surface area contributed by atoms with Gasteiger partial charge >= 0.3 is 6.09 Å². The van der Waals surface area contributed by atoms with Crippen LogP contribution in [0.2, 0.25) is 0 Å². The predicted octanol–water partition coefficient (Wildman–Crippen LogP) is 3.14. The number of amides is 5. The first-order chi connectivity index (χ1) is 28.6. The summed E-state index contributed by atoms with van der Waals surface area (Å²) < 4.78 is 5.47. The van der Waals surface area contributed by atoms with Crippen molar-refractivity contribution < 1.29 is 28.7 Å². The summed E-state index contributed by atoms with van der Waals surface area (Å²) in [6, 6.07) is 28.0. The van der Waals surface area contributed by atoms with Gasteiger partial charge in [-0.3, -0.25) is 24.6 Å². The van der Waals surface area contributed by atoms with Crippen molar-refractivity contribution in [3.63, 3.8) is 0 Å². The van der Waals surface area contributed by atoms with E-state index < -0.39 is 30.0 Å². The third kappa shape index (κ3) is 13.2. The largest absolute Gasteiger partial charge is 0.445 e. The molecule has 1 fully saturated rings. The SMILES string of the molecule is N=C(N)c1ccc(CNC(=O)[C@@H]2Cc3ccc(cc3)NC(=O)CCN3CCN(CCC(=O)Nc4ccc(cc4)C[C@@H](NC(=O)OCc4ccccc4)C(=O)N2)CC3)cc1. The van der Waals surface area contributed by atoms with E-state index in [2.05, 4.69) is 36.4 Å². The number of amidine groups is 1. The first kappa shape index (κ1) is 42.0. The van der Waals surface area contributed by atoms with Crippen LogP contribution in [-0.4, -0.2) is 96.7 Å². The van der Waals surface area contributed by atoms with E-state index in [1.807, 2.05) is 30.3 Å². The summed E-state index contributed by atoms with van der Waals surface area (Å²) in [7, 11) is 0. The number of nitrogens with zero attached hydrogens (tertiary/aromatic N) is 2. The first-order valence-corrected chi connectivity index (χ1v) is 19.8. The number of rotatable bonds is 7. The maximum atomic E-state index is 14.2. The van der Waals surface area contributed by atoms with E-state index in [4.69, 9.17) is 15.9 Å². The normalized spacial score (nSPS) is 20.4. The van der Waals surface area contributed by atoms with Crippen molar-refractivity contribution >= 4 is 46.9 Å². The van der Waals surface area contributed by atoms with Crippen molar-refractivity contribution in [2.75, 3.05) is 49.9 Å². The zero-order chi connectivity index (χ0) is 41.6. The lowest BCUT2D eigenvalue weighted by atomic mass is 10.0. The molecule has 1 saturated heterocycles. The molecule has 2 atom stereocenters. The fourth-order valence-electron chi connectivity index (χ4n) is 6.83. The minimum atomic E-state index is -1.15. The minimum absolute atomic E-state index is 0.0134. The van der Waals surface area contributed by atoms with Crippen LogP contribution in [0.25, 0.3) is 0 Å². The van der Waals surface area contributed by atoms with Crippen molar-refractivity contribution in [2.24, 2.45) is 5.73 Å². The lowest BCUT2D eigenvalue weighted by Crippen LogP contribution is -2.55. The lowest BCUT2D eigenvalue weighted by molar-refractivity contribution is -0.130. The molecule has 0 unspecified atom stereocenters. The number of hydrogen-bond acceptors (Lipinski definition) is 9. The molecular formula is C44H51N9O6. The van der Waals surface area contributed by atoms with Gasteiger partial charge in [-0.2, -0.15) is 0 Å². The van der Waals surface area contributed by atoms with Gasteiger partial charge in [0.25, 0.3) is 0 Å². The van der Waals surface area contributed by atoms with E-state index in [9.17, 15) is 24.0 Å². The number of anilines is 2. The summed E-state index contributed by atoms with van der Waals surface area (Å²) in [6.07, 6.45) is -0.0186. The van der Waals surface area contributed by atoms with Crippen molar-refractivity contribution in [1.82, 2.24) is 25.8 Å². The Labute approximate surface area is 343 Å². The van der Waals surface area contributed by atoms with Crippen LogP contribution in [-0.2, 0) is 49.9 Å². The summed E-state index contributed by atoms with van der Waals surface area (Å²) in [5.74, 6) is -1.39. The molecule has 9 rings (SSSR count). The van der Waals surface area contributed by atoms with Gasteiger partial charge in [-0.25, -0.2) is 4.79 Å². The van der Waals surface area contributed by atoms with Gasteiger partial charge in [0, 0.05) is 88.4 Å². The van der Waals surface area contributed by atoms with Crippen molar-refractivity contribution in [1.29, 1.82) is 5.41 Å². The number of ether oxygens (including phenoxy) is 1. The van der Waals surface area contributed by atoms with E-state index in [0.717, 1.165) is 42.9 Å². The quantitative estimate of drug-likeness (QED) is 0.108. The fourth-order valence-corrected chi connectivity index (χ4v) is 6.83. The molecule has 5 aliphatic rings. The maximum Gasteiger partial charge on any atom is 0.408 e. The third-order valence-electron chi connectivity index (χ3n) is 10.3. The Morgan fingerprint density at radius 3 is 1.78 bits per heavy atom. The molecule has 59 heavy (non-hydrogen) atoms. The van der Waals surface area contributed by atoms with Crippen molar-refractivity contribution in [3.8, 4) is 0 Å². The van der Waals surface area contributed by atoms with Crippen molar-refractivity contribution in [3.05, 3.63) is 131 Å². The van der Waals surface area contributed by atoms with Crippen LogP contribution in [0.4, 0.5) is 16.2 Å². The Morgan fingerprint density at radius 1 is 0.695 bits per heavy atom. The molecule has 5 aliphatic heterocycles. The molecule has 0 saturated carbocycles. The number of piperazine rings is 1. The summed E-state index contributed by atoms with van der Waals surface area (Å²) in [5, 5.41) is 22.0. The number of nitrogens with two attached hydrogens (primary N) is 1. The van der Waals surface area contributed by atoms with Gasteiger partial charge in [-0.1, -0.05) is 78.9 Å². The average Bonchev–Trinajstić information content (AvgIpc) is 3.24. The zero-order valence-corrected chi connectivity index (χ0v) is 32.9. The highest BCUT2D eigenvalue weighted by Gasteiger charge is 2.28. The lowest BCUT2D eigenvalue weighted by Gasteiger charge is -2.34. The minimum Gasteiger partial charge on any atom is -0.445 e. The van der Waals surface area contributed by atoms with Crippen LogP contribution in [0.15, 0.2) is 103 Å². The smallest absolute Gasteiger partial charge is 0.408 e. The fraction of sp³-hybridized carbons (Fsp3) is 0.318. The molecule has 5 heterocycles. The van der Waals surface area contributed by atoms with Crippen LogP contribution in [0.3, 0.4) is 0 Å². The Bertz CT molecular complexity index is 2070. The molecule has 0 aromatic heterocycles. The monoisotopic (exact) mass is 801 g/mol. The molecule has 0 aliphatic carbocycles. The summed E-state index contributed by atoms with van der Waals surface area (Å²) in [5.41, 5.74) is 10.3. The van der Waals surface area contributed by atoms with E-state index >= 15 is 0 Å². The number of alkyl carbamates (subject to hydrolysis) is 1. The van der Waals surface area contributed by atoms with Crippen LogP contribution in [0, 0.1) is 5.41 Å². The highest BCUT2D eigenvalue weighted by Crippen LogP contribution is 2.16. The zero-order valence-electron chi connectivity index (χ0n) is 32.9. The summed E-state index contributed by atoms with van der Waals surface area (Å²) in [4.78, 5) is 71.4. The van der Waals surface area contributed by atoms with Gasteiger partial charge in [0.15, 0.2) is 0 Å². The molecule has 0 spiro atoms. The summed E-state index contributed by atoms with van der Waals surface area (Å²) >= 11 is 0. The van der Waals surface area contributed by atoms with Crippen LogP contribution in [0.1, 0.15) is 40.7 Å². The van der Waals surface area contributed by atoms with E-state index in [1.165, 1.54) is 0 Å². The average molecular weight is 802 g/mol. The van der Waals surface area contributed by atoms with Crippen LogP contribution < -0.4 is 32.3 Å². The standard InChI is InChI=1S/C44H51N9O6/c45-41(46)34-12-6-32(7-13-34)28-47-42(56)37-26-30-8-14-35(15-9-30)48-39(54)18-20-52-22-24-53(25-23-52)21-19-40(55)49-36-16-10-31(11-17-36)27-38(43(57)50-37)51-44(58)59-29-33-4-2-1-3-5-33/h1-17,37-38H,18-29H2,(H3,45,46)(H,47,56)(H,48,54)(H,49,55)(H,50,57)(H,51,58)/t37-,38+/m0/s1. The van der Waals surface area contributed by atoms with Crippen molar-refractivity contribution in [2.45, 2.75) is 50.9 Å². The topological polar surface area (TPSA) is 211 Å². The second-order valence-corrected chi connectivity index (χ2v) is 14.7. The van der Waals surface area contributed by atoms with E-state index in [1.54, 1.807) is 72.8 Å². The number of hydrogen-bond donors (Lipinski definition) is 7. The van der Waals surface area contributed by atoms with Gasteiger partial charge in [0.2, 0.25) is 23.6 Å². The Balaban J connectivity index is 1.23. The van der Waals surface area contributed by atoms with Gasteiger partial charge < -0.3 is 46.9 Å². The Morgan fingerprint density at radius 2 is 1.24 bits per heavy atom. The van der Waals surface area contributed by atoms with E-state index in [-0.39, 0.29) is 43.6 Å². The molecule has 0 radical (unpaired) electrons. The Kier molecular flexibility index (Phi) is 14.8. The number of fused-ring (bicyclic) bond motifs is 3. The second kappa shape index (κ2) is 20.7. The van der Waals surface area contributed by atoms with Gasteiger partial charge in [0.05, 0.1) is 0 Å². The maximum absolute atomic E-state index is 14.2. The third-order valence-corrected chi connectivity index (χ3v) is 10.3. The molecule has 15 nitrogen and oxygen atoms in total.